The van der Waals surface area contributed by atoms with E-state index in [2.05, 4.69) is 5.43 Å². The maximum Gasteiger partial charge on any atom is 0.260 e. The Labute approximate surface area is 280 Å². The molecule has 248 valence electrons. The van der Waals surface area contributed by atoms with Gasteiger partial charge in [-0.05, 0) is 88.8 Å². The standard InChI is InChI=1S/C39H41N3O6/c1-6-48-31-20-23(14-19-30(31)43)33-26-17-18-27-32(36(46)41(34(27)44)38(3,4)5)28(26)21-29-35(45)42(40-25-15-12-22(2)13-16-25)37(47)39(29,33)24-10-8-7-9-11-24/h7-17,19-20,27-29,32-33,40,43H,6,18,21H2,1-5H3. The Kier molecular flexibility index (Phi) is 7.49. The molecule has 0 spiro atoms. The first-order valence-electron chi connectivity index (χ1n) is 16.7. The molecule has 6 unspecified atom stereocenters. The number of ether oxygens (including phenoxy) is 1. The largest absolute Gasteiger partial charge is 0.504 e. The lowest BCUT2D eigenvalue weighted by Crippen LogP contribution is -2.53. The number of benzene rings is 3. The third kappa shape index (κ3) is 4.58. The zero-order chi connectivity index (χ0) is 34.1. The van der Waals surface area contributed by atoms with Crippen LogP contribution in [0.25, 0.3) is 0 Å². The Bertz CT molecular complexity index is 1850. The van der Waals surface area contributed by atoms with Crippen LogP contribution >= 0.6 is 0 Å². The molecule has 2 aliphatic carbocycles. The van der Waals surface area contributed by atoms with Crippen LogP contribution in [-0.2, 0) is 24.6 Å². The first kappa shape index (κ1) is 31.7. The molecule has 48 heavy (non-hydrogen) atoms. The third-order valence-electron chi connectivity index (χ3n) is 10.7. The van der Waals surface area contributed by atoms with Gasteiger partial charge in [-0.15, -0.1) is 0 Å². The summed E-state index contributed by atoms with van der Waals surface area (Å²) in [5.41, 5.74) is 4.89. The van der Waals surface area contributed by atoms with Crippen LogP contribution in [0.2, 0.25) is 0 Å². The number of aromatic hydroxyl groups is 1. The van der Waals surface area contributed by atoms with Crippen molar-refractivity contribution in [3.8, 4) is 11.5 Å². The molecule has 0 bridgehead atoms. The summed E-state index contributed by atoms with van der Waals surface area (Å²) in [4.78, 5) is 59.4. The van der Waals surface area contributed by atoms with Gasteiger partial charge in [-0.25, -0.2) is 0 Å². The predicted molar refractivity (Wildman–Crippen MR) is 180 cm³/mol. The topological polar surface area (TPSA) is 116 Å². The summed E-state index contributed by atoms with van der Waals surface area (Å²) >= 11 is 0. The minimum Gasteiger partial charge on any atom is -0.504 e. The molecule has 9 heteroatoms. The highest BCUT2D eigenvalue weighted by molar-refractivity contribution is 6.13. The second-order valence-corrected chi connectivity index (χ2v) is 14.4. The van der Waals surface area contributed by atoms with Gasteiger partial charge in [-0.2, -0.15) is 5.01 Å². The fraction of sp³-hybridized carbons (Fsp3) is 0.385. The zero-order valence-corrected chi connectivity index (χ0v) is 27.9. The lowest BCUT2D eigenvalue weighted by molar-refractivity contribution is -0.146. The van der Waals surface area contributed by atoms with E-state index in [1.807, 2.05) is 95.3 Å². The normalized spacial score (nSPS) is 28.2. The minimum atomic E-state index is -1.39. The van der Waals surface area contributed by atoms with E-state index in [0.717, 1.165) is 16.1 Å². The van der Waals surface area contributed by atoms with Gasteiger partial charge in [0.2, 0.25) is 11.8 Å². The van der Waals surface area contributed by atoms with Crippen LogP contribution in [0.15, 0.2) is 84.4 Å². The molecule has 3 aromatic carbocycles. The number of anilines is 1. The van der Waals surface area contributed by atoms with E-state index < -0.39 is 46.5 Å². The highest BCUT2D eigenvalue weighted by atomic mass is 16.5. The fourth-order valence-corrected chi connectivity index (χ4v) is 8.76. The lowest BCUT2D eigenvalue weighted by atomic mass is 9.49. The van der Waals surface area contributed by atoms with Crippen molar-refractivity contribution in [2.45, 2.75) is 64.3 Å². The predicted octanol–water partition coefficient (Wildman–Crippen LogP) is 5.88. The molecule has 2 saturated heterocycles. The Hall–Kier alpha value is -4.92. The van der Waals surface area contributed by atoms with Crippen LogP contribution in [0.4, 0.5) is 5.69 Å². The molecule has 0 aromatic heterocycles. The number of hydrogen-bond donors (Lipinski definition) is 2. The van der Waals surface area contributed by atoms with Crippen molar-refractivity contribution < 1.29 is 29.0 Å². The average molecular weight is 648 g/mol. The van der Waals surface area contributed by atoms with Gasteiger partial charge in [0.1, 0.15) is 0 Å². The van der Waals surface area contributed by atoms with E-state index in [9.17, 15) is 19.5 Å². The number of phenols is 1. The van der Waals surface area contributed by atoms with Crippen molar-refractivity contribution in [1.82, 2.24) is 9.91 Å². The summed E-state index contributed by atoms with van der Waals surface area (Å²) in [5, 5.41) is 11.9. The van der Waals surface area contributed by atoms with Crippen molar-refractivity contribution in [3.05, 3.63) is 101 Å². The second-order valence-electron chi connectivity index (χ2n) is 14.4. The number of imide groups is 2. The lowest BCUT2D eigenvalue weighted by Gasteiger charge is -2.50. The van der Waals surface area contributed by atoms with Crippen LogP contribution in [0.5, 0.6) is 11.5 Å². The Morgan fingerprint density at radius 2 is 1.62 bits per heavy atom. The summed E-state index contributed by atoms with van der Waals surface area (Å²) in [6.07, 6.45) is 2.61. The third-order valence-corrected chi connectivity index (χ3v) is 10.7. The molecule has 2 N–H and O–H groups in total. The molecule has 7 rings (SSSR count). The van der Waals surface area contributed by atoms with Gasteiger partial charge in [0.15, 0.2) is 11.5 Å². The molecule has 3 fully saturated rings. The monoisotopic (exact) mass is 647 g/mol. The van der Waals surface area contributed by atoms with Crippen LogP contribution < -0.4 is 10.2 Å². The first-order valence-corrected chi connectivity index (χ1v) is 16.7. The molecule has 9 nitrogen and oxygen atoms in total. The smallest absolute Gasteiger partial charge is 0.260 e. The van der Waals surface area contributed by atoms with E-state index in [-0.39, 0.29) is 35.6 Å². The maximum absolute atomic E-state index is 15.2. The van der Waals surface area contributed by atoms with Crippen molar-refractivity contribution in [1.29, 1.82) is 0 Å². The molecular formula is C39H41N3O6. The van der Waals surface area contributed by atoms with E-state index >= 15 is 4.79 Å². The molecule has 0 radical (unpaired) electrons. The highest BCUT2D eigenvalue weighted by Gasteiger charge is 2.70. The van der Waals surface area contributed by atoms with Crippen molar-refractivity contribution in [2.24, 2.45) is 23.7 Å². The molecule has 4 amide bonds. The summed E-state index contributed by atoms with van der Waals surface area (Å²) in [6.45, 7) is 9.68. The number of allylic oxidation sites excluding steroid dienone is 2. The van der Waals surface area contributed by atoms with Gasteiger partial charge in [-0.3, -0.25) is 29.5 Å². The number of amides is 4. The Morgan fingerprint density at radius 3 is 2.29 bits per heavy atom. The van der Waals surface area contributed by atoms with Gasteiger partial charge in [-0.1, -0.05) is 65.7 Å². The fourth-order valence-electron chi connectivity index (χ4n) is 8.76. The molecule has 6 atom stereocenters. The van der Waals surface area contributed by atoms with E-state index in [1.54, 1.807) is 18.2 Å². The highest BCUT2D eigenvalue weighted by Crippen LogP contribution is 2.64. The zero-order valence-electron chi connectivity index (χ0n) is 27.9. The number of phenolic OH excluding ortho intramolecular Hbond substituents is 1. The van der Waals surface area contributed by atoms with Gasteiger partial charge in [0, 0.05) is 11.5 Å². The number of nitrogens with zero attached hydrogens (tertiary/aromatic N) is 2. The first-order chi connectivity index (χ1) is 22.9. The van der Waals surface area contributed by atoms with Crippen LogP contribution in [-0.4, -0.2) is 50.8 Å². The molecule has 4 aliphatic rings. The van der Waals surface area contributed by atoms with Gasteiger partial charge in [0.25, 0.3) is 11.8 Å². The number of carbonyl (C=O) groups is 4. The van der Waals surface area contributed by atoms with Gasteiger partial charge < -0.3 is 9.84 Å². The van der Waals surface area contributed by atoms with Crippen molar-refractivity contribution >= 4 is 29.3 Å². The van der Waals surface area contributed by atoms with Crippen LogP contribution in [0, 0.1) is 30.6 Å². The number of fused-ring (bicyclic) bond motifs is 4. The Morgan fingerprint density at radius 1 is 0.917 bits per heavy atom. The van der Waals surface area contributed by atoms with Crippen LogP contribution in [0.1, 0.15) is 63.1 Å². The summed E-state index contributed by atoms with van der Waals surface area (Å²) < 4.78 is 5.81. The van der Waals surface area contributed by atoms with Crippen LogP contribution in [0.3, 0.4) is 0 Å². The number of nitrogens with one attached hydrogen (secondary N) is 1. The van der Waals surface area contributed by atoms with E-state index in [1.165, 1.54) is 4.90 Å². The van der Waals surface area contributed by atoms with Gasteiger partial charge >= 0.3 is 0 Å². The average Bonchev–Trinajstić information content (AvgIpc) is 3.45. The number of hydrogen-bond acceptors (Lipinski definition) is 7. The number of carbonyl (C=O) groups excluding carboxylic acids is 4. The summed E-state index contributed by atoms with van der Waals surface area (Å²) in [7, 11) is 0. The van der Waals surface area contributed by atoms with E-state index in [0.29, 0.717) is 29.8 Å². The Balaban J connectivity index is 1.46. The van der Waals surface area contributed by atoms with Crippen molar-refractivity contribution in [2.75, 3.05) is 12.0 Å². The SMILES string of the molecule is CCOc1cc(C2C3=CCC4C(=O)N(C(C)(C)C)C(=O)C4C3CC3C(=O)N(Nc4ccc(C)cc4)C(=O)C32c2ccccc2)ccc1O. The van der Waals surface area contributed by atoms with E-state index in [4.69, 9.17) is 4.74 Å². The minimum absolute atomic E-state index is 0.0372. The molecule has 3 aromatic rings. The summed E-state index contributed by atoms with van der Waals surface area (Å²) in [5.74, 6) is -4.18. The maximum atomic E-state index is 15.2. The number of hydrazine groups is 1. The summed E-state index contributed by atoms with van der Waals surface area (Å²) in [6, 6.07) is 21.9. The molecule has 1 saturated carbocycles. The molecule has 2 aliphatic heterocycles. The quantitative estimate of drug-likeness (QED) is 0.254. The van der Waals surface area contributed by atoms with Crippen molar-refractivity contribution in [3.63, 3.8) is 0 Å². The second kappa shape index (κ2) is 11.4. The van der Waals surface area contributed by atoms with Gasteiger partial charge in [0.05, 0.1) is 35.5 Å². The number of likely N-dealkylation sites (tertiary alicyclic amines) is 1. The molecular weight excluding hydrogens is 606 g/mol. The number of aryl methyl sites for hydroxylation is 1. The molecule has 2 heterocycles. The number of rotatable bonds is 6.